The Bertz CT molecular complexity index is 243. The molecule has 0 saturated heterocycles. The lowest BCUT2D eigenvalue weighted by molar-refractivity contribution is 0.279. The summed E-state index contributed by atoms with van der Waals surface area (Å²) in [6.07, 6.45) is 1.51. The molecule has 3 nitrogen and oxygen atoms in total. The highest BCUT2D eigenvalue weighted by Crippen LogP contribution is 2.45. The van der Waals surface area contributed by atoms with E-state index in [-0.39, 0.29) is 6.16 Å². The first kappa shape index (κ1) is 11.7. The molecule has 0 rings (SSSR count). The van der Waals surface area contributed by atoms with Gasteiger partial charge in [0.05, 0.1) is 0 Å². The monoisotopic (exact) mass is 208 g/mol. The molecule has 0 aliphatic rings. The zero-order valence-corrected chi connectivity index (χ0v) is 8.56. The summed E-state index contributed by atoms with van der Waals surface area (Å²) >= 11 is 5.20. The summed E-state index contributed by atoms with van der Waals surface area (Å²) in [5, 5.41) is 0. The van der Waals surface area contributed by atoms with Crippen LogP contribution in [0.1, 0.15) is 0 Å². The van der Waals surface area contributed by atoms with Gasteiger partial charge in [-0.15, -0.1) is 0 Å². The van der Waals surface area contributed by atoms with Gasteiger partial charge >= 0.3 is 7.60 Å². The molecule has 0 bridgehead atoms. The Hall–Kier alpha value is -0.260. The zero-order valence-electron chi connectivity index (χ0n) is 6.91. The van der Waals surface area contributed by atoms with Crippen LogP contribution in [0.15, 0.2) is 11.6 Å². The lowest BCUT2D eigenvalue weighted by Gasteiger charge is -2.08. The standard InChI is InChI=1S/C7H10ClO3P/c1-10-12(9,11-2)7-5-3-4-6-8/h4,6H,7H2,1-2H3/b6-4+. The van der Waals surface area contributed by atoms with Crippen LogP contribution in [0, 0.1) is 11.8 Å². The number of hydrogen-bond donors (Lipinski definition) is 0. The summed E-state index contributed by atoms with van der Waals surface area (Å²) < 4.78 is 20.6. The fourth-order valence-electron chi connectivity index (χ4n) is 0.437. The van der Waals surface area contributed by atoms with Crippen LogP contribution in [0.4, 0.5) is 0 Å². The minimum Gasteiger partial charge on any atom is -0.311 e. The van der Waals surface area contributed by atoms with Crippen LogP contribution in [-0.2, 0) is 13.6 Å². The Morgan fingerprint density at radius 1 is 1.50 bits per heavy atom. The number of hydrogen-bond acceptors (Lipinski definition) is 3. The molecule has 0 aliphatic carbocycles. The van der Waals surface area contributed by atoms with E-state index in [1.54, 1.807) is 0 Å². The average Bonchev–Trinajstić information content (AvgIpc) is 2.12. The predicted octanol–water partition coefficient (Wildman–Crippen LogP) is 2.23. The van der Waals surface area contributed by atoms with Gasteiger partial charge in [-0.2, -0.15) is 0 Å². The Morgan fingerprint density at radius 2 is 2.08 bits per heavy atom. The molecule has 12 heavy (non-hydrogen) atoms. The third-order valence-corrected chi connectivity index (χ3v) is 2.86. The first-order chi connectivity index (χ1) is 5.68. The van der Waals surface area contributed by atoms with Crippen molar-refractivity contribution in [1.82, 2.24) is 0 Å². The molecule has 0 heterocycles. The summed E-state index contributed by atoms with van der Waals surface area (Å²) in [7, 11) is -0.326. The maximum absolute atomic E-state index is 11.3. The van der Waals surface area contributed by atoms with Gasteiger partial charge in [0.2, 0.25) is 0 Å². The molecule has 0 saturated carbocycles. The van der Waals surface area contributed by atoms with Crippen molar-refractivity contribution in [3.8, 4) is 11.8 Å². The zero-order chi connectivity index (χ0) is 9.45. The van der Waals surface area contributed by atoms with Crippen molar-refractivity contribution >= 4 is 19.2 Å². The van der Waals surface area contributed by atoms with E-state index in [4.69, 9.17) is 11.6 Å². The normalized spacial score (nSPS) is 11.2. The van der Waals surface area contributed by atoms with Gasteiger partial charge in [-0.1, -0.05) is 23.4 Å². The van der Waals surface area contributed by atoms with Crippen LogP contribution < -0.4 is 0 Å². The van der Waals surface area contributed by atoms with Crippen molar-refractivity contribution in [3.63, 3.8) is 0 Å². The maximum atomic E-state index is 11.3. The molecule has 0 unspecified atom stereocenters. The SMILES string of the molecule is COP(=O)(CC#C/C=C/Cl)OC. The first-order valence-electron chi connectivity index (χ1n) is 3.12. The molecule has 0 spiro atoms. The van der Waals surface area contributed by atoms with E-state index in [1.807, 2.05) is 0 Å². The van der Waals surface area contributed by atoms with Crippen molar-refractivity contribution in [2.45, 2.75) is 0 Å². The van der Waals surface area contributed by atoms with Gasteiger partial charge in [-0.05, 0) is 6.08 Å². The van der Waals surface area contributed by atoms with Gasteiger partial charge in [0, 0.05) is 19.8 Å². The number of halogens is 1. The van der Waals surface area contributed by atoms with Crippen LogP contribution in [-0.4, -0.2) is 20.4 Å². The number of rotatable bonds is 3. The Morgan fingerprint density at radius 3 is 2.50 bits per heavy atom. The highest BCUT2D eigenvalue weighted by Gasteiger charge is 2.18. The van der Waals surface area contributed by atoms with Crippen molar-refractivity contribution in [3.05, 3.63) is 11.6 Å². The smallest absolute Gasteiger partial charge is 0.311 e. The fraction of sp³-hybridized carbons (Fsp3) is 0.429. The van der Waals surface area contributed by atoms with Crippen LogP contribution in [0.3, 0.4) is 0 Å². The van der Waals surface area contributed by atoms with Gasteiger partial charge in [-0.25, -0.2) is 0 Å². The first-order valence-corrected chi connectivity index (χ1v) is 5.29. The summed E-state index contributed by atoms with van der Waals surface area (Å²) in [6.45, 7) is 0. The Kier molecular flexibility index (Phi) is 6.14. The highest BCUT2D eigenvalue weighted by molar-refractivity contribution is 7.54. The molecular formula is C7H10ClO3P. The summed E-state index contributed by atoms with van der Waals surface area (Å²) in [5.74, 6) is 5.16. The second kappa shape index (κ2) is 6.28. The summed E-state index contributed by atoms with van der Waals surface area (Å²) in [5.41, 5.74) is 1.28. The highest BCUT2D eigenvalue weighted by atomic mass is 35.5. The topological polar surface area (TPSA) is 35.5 Å². The predicted molar refractivity (Wildman–Crippen MR) is 49.3 cm³/mol. The molecule has 0 amide bonds. The molecule has 0 aliphatic heterocycles. The molecule has 5 heteroatoms. The molecule has 68 valence electrons. The van der Waals surface area contributed by atoms with E-state index in [0.29, 0.717) is 0 Å². The lowest BCUT2D eigenvalue weighted by Crippen LogP contribution is -1.91. The molecule has 0 aromatic carbocycles. The molecular weight excluding hydrogens is 199 g/mol. The largest absolute Gasteiger partial charge is 0.341 e. The summed E-state index contributed by atoms with van der Waals surface area (Å²) in [4.78, 5) is 0. The minimum absolute atomic E-state index is 0.0707. The van der Waals surface area contributed by atoms with Crippen molar-refractivity contribution in [2.24, 2.45) is 0 Å². The van der Waals surface area contributed by atoms with Gasteiger partial charge in [-0.3, -0.25) is 4.57 Å². The van der Waals surface area contributed by atoms with Gasteiger partial charge in [0.15, 0.2) is 0 Å². The lowest BCUT2D eigenvalue weighted by atomic mass is 10.6. The Balaban J connectivity index is 4.08. The van der Waals surface area contributed by atoms with Crippen molar-refractivity contribution < 1.29 is 13.6 Å². The van der Waals surface area contributed by atoms with E-state index >= 15 is 0 Å². The molecule has 0 N–H and O–H groups in total. The van der Waals surface area contributed by atoms with Crippen LogP contribution in [0.2, 0.25) is 0 Å². The van der Waals surface area contributed by atoms with Crippen molar-refractivity contribution in [2.75, 3.05) is 20.4 Å². The van der Waals surface area contributed by atoms with Gasteiger partial charge < -0.3 is 9.05 Å². The quantitative estimate of drug-likeness (QED) is 0.527. The second-order valence-corrected chi connectivity index (χ2v) is 4.27. The maximum Gasteiger partial charge on any atom is 0.341 e. The van der Waals surface area contributed by atoms with E-state index in [9.17, 15) is 4.57 Å². The van der Waals surface area contributed by atoms with E-state index in [1.165, 1.54) is 25.8 Å². The fourth-order valence-corrected chi connectivity index (χ4v) is 1.19. The van der Waals surface area contributed by atoms with E-state index in [0.717, 1.165) is 0 Å². The molecule has 0 atom stereocenters. The van der Waals surface area contributed by atoms with Crippen LogP contribution >= 0.6 is 19.2 Å². The molecule has 0 fully saturated rings. The molecule has 0 aromatic heterocycles. The van der Waals surface area contributed by atoms with E-state index < -0.39 is 7.60 Å². The third-order valence-electron chi connectivity index (χ3n) is 1.08. The van der Waals surface area contributed by atoms with Gasteiger partial charge in [0.25, 0.3) is 0 Å². The molecule has 0 aromatic rings. The molecule has 0 radical (unpaired) electrons. The number of allylic oxidation sites excluding steroid dienone is 1. The van der Waals surface area contributed by atoms with Crippen LogP contribution in [0.25, 0.3) is 0 Å². The van der Waals surface area contributed by atoms with Crippen LogP contribution in [0.5, 0.6) is 0 Å². The summed E-state index contributed by atoms with van der Waals surface area (Å²) in [6, 6.07) is 0. The average molecular weight is 209 g/mol. The van der Waals surface area contributed by atoms with Gasteiger partial charge in [0.1, 0.15) is 6.16 Å². The minimum atomic E-state index is -2.97. The third kappa shape index (κ3) is 4.58. The van der Waals surface area contributed by atoms with Crippen molar-refractivity contribution in [1.29, 1.82) is 0 Å². The Labute approximate surface area is 77.2 Å². The second-order valence-electron chi connectivity index (χ2n) is 1.75. The van der Waals surface area contributed by atoms with E-state index in [2.05, 4.69) is 20.9 Å².